The molecule has 0 saturated carbocycles. The van der Waals surface area contributed by atoms with Gasteiger partial charge in [-0.15, -0.1) is 0 Å². The molecule has 0 aromatic heterocycles. The van der Waals surface area contributed by atoms with E-state index in [2.05, 4.69) is 363 Å². The van der Waals surface area contributed by atoms with E-state index in [9.17, 15) is 0 Å². The van der Waals surface area contributed by atoms with Crippen LogP contribution in [0.25, 0.3) is 66.8 Å². The molecule has 4 fully saturated rings. The number of benzene rings is 11. The number of nitrogens with zero attached hydrogens (tertiary/aromatic N) is 2. The first-order valence-electron chi connectivity index (χ1n) is 41.8. The highest BCUT2D eigenvalue weighted by Crippen LogP contribution is 2.46. The Balaban J connectivity index is 0.769. The van der Waals surface area contributed by atoms with Gasteiger partial charge in [-0.3, -0.25) is 0 Å². The van der Waals surface area contributed by atoms with Crippen LogP contribution in [0.1, 0.15) is 171 Å². The van der Waals surface area contributed by atoms with E-state index in [1.807, 2.05) is 0 Å². The predicted octanol–water partition coefficient (Wildman–Crippen LogP) is 23.1. The van der Waals surface area contributed by atoms with E-state index in [4.69, 9.17) is 37.2 Å². The summed E-state index contributed by atoms with van der Waals surface area (Å²) in [7, 11) is -1.58. The molecule has 0 spiro atoms. The molecule has 4 aliphatic heterocycles. The molecule has 0 atom stereocenters. The minimum Gasteiger partial charge on any atom is -0.405 e. The zero-order valence-electron chi connectivity index (χ0n) is 70.0. The van der Waals surface area contributed by atoms with Crippen molar-refractivity contribution in [3.8, 4) is 66.8 Å². The lowest BCUT2D eigenvalue weighted by atomic mass is 9.78. The quantitative estimate of drug-likeness (QED) is 0.0386. The molecule has 14 heteroatoms. The first-order valence-corrected chi connectivity index (χ1v) is 41.8. The van der Waals surface area contributed by atoms with Crippen LogP contribution in [-0.4, -0.2) is 75.3 Å². The Morgan fingerprint density at radius 3 is 0.719 bits per heavy atom. The van der Waals surface area contributed by atoms with E-state index in [0.717, 1.165) is 126 Å². The van der Waals surface area contributed by atoms with Gasteiger partial charge < -0.3 is 47.0 Å². The normalized spacial score (nSPS) is 17.1. The average Bonchev–Trinajstić information content (AvgIpc) is 1.34. The summed E-state index contributed by atoms with van der Waals surface area (Å²) >= 11 is 0. The predicted molar refractivity (Wildman–Crippen MR) is 478 cm³/mol. The van der Waals surface area contributed by atoms with Crippen LogP contribution in [0.15, 0.2) is 243 Å². The van der Waals surface area contributed by atoms with Gasteiger partial charge in [-0.05, 0) is 306 Å². The van der Waals surface area contributed by atoms with Gasteiger partial charge in [-0.1, -0.05) is 222 Å². The molecule has 4 heterocycles. The van der Waals surface area contributed by atoms with Crippen molar-refractivity contribution in [1.82, 2.24) is 0 Å². The van der Waals surface area contributed by atoms with Gasteiger partial charge in [-0.25, -0.2) is 0 Å². The fourth-order valence-corrected chi connectivity index (χ4v) is 16.2. The van der Waals surface area contributed by atoms with E-state index in [1.165, 1.54) is 83.0 Å². The van der Waals surface area contributed by atoms with Crippen LogP contribution in [0, 0.1) is 13.8 Å². The number of anilines is 6. The monoisotopic (exact) mass is 1510 g/mol. The first-order chi connectivity index (χ1) is 54.7. The maximum atomic E-state index is 6.44. The summed E-state index contributed by atoms with van der Waals surface area (Å²) in [6.45, 7) is 35.7. The highest BCUT2D eigenvalue weighted by atomic mass is 16.7. The molecule has 4 aliphatic rings. The largest absolute Gasteiger partial charge is 0.494 e. The second-order valence-electron chi connectivity index (χ2n) is 35.0. The van der Waals surface area contributed by atoms with Crippen LogP contribution in [-0.2, 0) is 50.1 Å². The summed E-state index contributed by atoms with van der Waals surface area (Å²) < 4.78 is 50.3. The maximum absolute atomic E-state index is 6.44. The highest BCUT2D eigenvalue weighted by molar-refractivity contribution is 6.63. The van der Waals surface area contributed by atoms with E-state index in [0.29, 0.717) is 13.2 Å². The molecule has 0 unspecified atom stereocenters. The Labute approximate surface area is 680 Å². The lowest BCUT2D eigenvalue weighted by Crippen LogP contribution is -2.41. The number of hydrogen-bond donors (Lipinski definition) is 0. The Morgan fingerprint density at radius 2 is 0.482 bits per heavy atom. The average molecular weight is 1510 g/mol. The van der Waals surface area contributed by atoms with Crippen molar-refractivity contribution < 1.29 is 37.2 Å². The molecule has 0 radical (unpaired) electrons. The summed E-state index contributed by atoms with van der Waals surface area (Å²) in [6, 6.07) is 90.0. The third-order valence-corrected chi connectivity index (χ3v) is 25.4. The fraction of sp³-hybridized carbons (Fsp3) is 0.340. The summed E-state index contributed by atoms with van der Waals surface area (Å²) in [5.74, 6) is 0. The van der Waals surface area contributed by atoms with E-state index in [-0.39, 0.29) is 7.12 Å². The zero-order chi connectivity index (χ0) is 79.9. The Kier molecular flexibility index (Phi) is 23.1. The van der Waals surface area contributed by atoms with Crippen molar-refractivity contribution >= 4 is 84.4 Å². The number of unbranched alkanes of at least 4 members (excludes halogenated alkanes) is 6. The van der Waals surface area contributed by atoms with E-state index < -0.39 is 55.0 Å². The summed E-state index contributed by atoms with van der Waals surface area (Å²) in [5, 5.41) is 0. The molecule has 582 valence electrons. The summed E-state index contributed by atoms with van der Waals surface area (Å²) in [4.78, 5) is 4.81. The van der Waals surface area contributed by atoms with Gasteiger partial charge in [0.25, 0.3) is 0 Å². The molecule has 0 bridgehead atoms. The van der Waals surface area contributed by atoms with E-state index in [1.54, 1.807) is 0 Å². The molecule has 15 rings (SSSR count). The Hall–Kier alpha value is -9.04. The van der Waals surface area contributed by atoms with Crippen LogP contribution >= 0.6 is 0 Å². The maximum Gasteiger partial charge on any atom is 0.494 e. The molecule has 0 N–H and O–H groups in total. The van der Waals surface area contributed by atoms with Gasteiger partial charge in [-0.2, -0.15) is 0 Å². The third kappa shape index (κ3) is 16.7. The zero-order valence-corrected chi connectivity index (χ0v) is 70.0. The van der Waals surface area contributed by atoms with Crippen LogP contribution < -0.4 is 31.7 Å². The SMILES string of the molecule is CCCCCCc1cc(-c2ccc(N(c3ccc(-c4ccc(B5OC(C)(C)C(C)(C)O5)cc4)cc3)c3ccc(-c4ccc(B5OC(C)(C)C(C)(C)O5)cc4)cc3)cc2C)c(CCCCCC)cc1-c1ccc(N(c2ccc(-c3ccc(B4OCCO4)cc3)cc2)c2ccc(-c3ccc(B4OC(C)(C)C(C)(C)O4)cc3)cc2)cc1C. The third-order valence-electron chi connectivity index (χ3n) is 25.4. The summed E-state index contributed by atoms with van der Waals surface area (Å²) in [6.07, 6.45) is 11.4. The minimum absolute atomic E-state index is 0.313. The van der Waals surface area contributed by atoms with Gasteiger partial charge >= 0.3 is 28.5 Å². The molecule has 0 aliphatic carbocycles. The van der Waals surface area contributed by atoms with Crippen molar-refractivity contribution in [1.29, 1.82) is 0 Å². The highest BCUT2D eigenvalue weighted by Gasteiger charge is 2.54. The number of aryl methyl sites for hydroxylation is 4. The van der Waals surface area contributed by atoms with Gasteiger partial charge in [0.1, 0.15) is 0 Å². The molecule has 10 nitrogen and oxygen atoms in total. The molecular formula is C100H112B4N2O8. The molecule has 4 saturated heterocycles. The number of rotatable bonds is 26. The molecular weight excluding hydrogens is 1400 g/mol. The van der Waals surface area contributed by atoms with Crippen LogP contribution in [0.5, 0.6) is 0 Å². The van der Waals surface area contributed by atoms with Crippen molar-refractivity contribution in [2.45, 2.75) is 209 Å². The first kappa shape index (κ1) is 80.2. The van der Waals surface area contributed by atoms with Crippen molar-refractivity contribution in [3.63, 3.8) is 0 Å². The number of hydrogen-bond acceptors (Lipinski definition) is 10. The van der Waals surface area contributed by atoms with Crippen LogP contribution in [0.4, 0.5) is 34.1 Å². The van der Waals surface area contributed by atoms with Crippen molar-refractivity contribution in [3.05, 3.63) is 265 Å². The lowest BCUT2D eigenvalue weighted by Gasteiger charge is -2.32. The fourth-order valence-electron chi connectivity index (χ4n) is 16.2. The topological polar surface area (TPSA) is 80.3 Å². The molecule has 11 aromatic carbocycles. The Bertz CT molecular complexity index is 4950. The van der Waals surface area contributed by atoms with Crippen LogP contribution in [0.2, 0.25) is 0 Å². The van der Waals surface area contributed by atoms with Crippen molar-refractivity contribution in [2.24, 2.45) is 0 Å². The molecule has 11 aromatic rings. The second-order valence-corrected chi connectivity index (χ2v) is 35.0. The minimum atomic E-state index is -0.422. The van der Waals surface area contributed by atoms with Gasteiger partial charge in [0.2, 0.25) is 0 Å². The van der Waals surface area contributed by atoms with Gasteiger partial charge in [0.15, 0.2) is 0 Å². The second kappa shape index (κ2) is 32.9. The Morgan fingerprint density at radius 1 is 0.254 bits per heavy atom. The van der Waals surface area contributed by atoms with Crippen LogP contribution in [0.3, 0.4) is 0 Å². The standard InChI is InChI=1S/C100H112B4N2O8/c1-17-19-21-23-25-79-68-94(92-62-60-90(66-70(92)4)106(87-55-39-77(40-56-87)73-31-47-83(48-32-73)103-111-97(9,10)98(11,12)112-103)88-57-41-78(42-58-88)74-33-49-84(50-34-74)104-113-99(13,14)100(15,16)114-104)80(26-24-22-20-18-2)67-93(79)91-61-59-89(65-69(91)3)105(85-51-35-75(36-52-85)71-27-43-81(44-28-71)101-107-63-64-108-101)86-53-37-76(38-54-86)72-29-45-82(46-30-72)102-109-95(5,6)96(7,8)110-102/h27-62,65-68H,17-26,63-64H2,1-16H3. The van der Waals surface area contributed by atoms with Gasteiger partial charge in [0.05, 0.1) is 46.8 Å². The van der Waals surface area contributed by atoms with Crippen molar-refractivity contribution in [2.75, 3.05) is 23.0 Å². The lowest BCUT2D eigenvalue weighted by molar-refractivity contribution is 0.00578. The molecule has 114 heavy (non-hydrogen) atoms. The van der Waals surface area contributed by atoms with E-state index >= 15 is 0 Å². The molecule has 0 amide bonds. The van der Waals surface area contributed by atoms with Gasteiger partial charge in [0, 0.05) is 34.1 Å². The summed E-state index contributed by atoms with van der Waals surface area (Å²) in [5.41, 5.74) is 27.5. The smallest absolute Gasteiger partial charge is 0.405 e.